The van der Waals surface area contributed by atoms with E-state index >= 15 is 0 Å². The van der Waals surface area contributed by atoms with Crippen molar-refractivity contribution in [2.75, 3.05) is 0 Å². The van der Waals surface area contributed by atoms with E-state index in [1.807, 2.05) is 0 Å². The van der Waals surface area contributed by atoms with Crippen molar-refractivity contribution in [1.29, 1.82) is 0 Å². The van der Waals surface area contributed by atoms with Crippen LogP contribution in [0.15, 0.2) is 0 Å². The van der Waals surface area contributed by atoms with E-state index < -0.39 is 0 Å². The van der Waals surface area contributed by atoms with E-state index in [0.29, 0.717) is 10.8 Å². The largest absolute Gasteiger partial charge is 0.0625 e. The van der Waals surface area contributed by atoms with E-state index in [4.69, 9.17) is 0 Å². The Morgan fingerprint density at radius 1 is 0.543 bits per heavy atom. The maximum Gasteiger partial charge on any atom is -0.0228 e. The number of rotatable bonds is 0. The Morgan fingerprint density at radius 2 is 1.17 bits per heavy atom. The number of fused-ring (bicyclic) bond motifs is 10. The summed E-state index contributed by atoms with van der Waals surface area (Å²) in [7, 11) is 0. The first-order chi connectivity index (χ1) is 16.7. The van der Waals surface area contributed by atoms with Crippen molar-refractivity contribution in [3.8, 4) is 0 Å². The fraction of sp³-hybridized carbons (Fsp3) is 1.00. The van der Waals surface area contributed by atoms with Gasteiger partial charge in [0.25, 0.3) is 0 Å². The zero-order valence-corrected chi connectivity index (χ0v) is 24.3. The highest BCUT2D eigenvalue weighted by Crippen LogP contribution is 2.77. The molecule has 35 heavy (non-hydrogen) atoms. The number of hydrogen-bond acceptors (Lipinski definition) is 0. The molecule has 7 aliphatic rings. The molecule has 0 heteroatoms. The number of hydrogen-bond donors (Lipinski definition) is 0. The maximum absolute atomic E-state index is 2.78. The lowest BCUT2D eigenvalue weighted by Gasteiger charge is -2.53. The molecular weight excluding hydrogens is 420 g/mol. The second kappa shape index (κ2) is 8.25. The molecule has 7 fully saturated rings. The molecule has 0 nitrogen and oxygen atoms in total. The van der Waals surface area contributed by atoms with Crippen molar-refractivity contribution in [2.24, 2.45) is 93.7 Å². The molecule has 0 saturated heterocycles. The zero-order chi connectivity index (χ0) is 24.3. The molecule has 0 bridgehead atoms. The van der Waals surface area contributed by atoms with Gasteiger partial charge >= 0.3 is 0 Å². The fourth-order valence-corrected chi connectivity index (χ4v) is 14.8. The third kappa shape index (κ3) is 3.35. The normalized spacial score (nSPS) is 60.9. The van der Waals surface area contributed by atoms with Crippen molar-refractivity contribution in [1.82, 2.24) is 0 Å². The molecule has 7 rings (SSSR count). The van der Waals surface area contributed by atoms with Gasteiger partial charge in [-0.1, -0.05) is 67.2 Å². The van der Waals surface area contributed by atoms with Gasteiger partial charge in [0.2, 0.25) is 0 Å². The summed E-state index contributed by atoms with van der Waals surface area (Å²) >= 11 is 0. The van der Waals surface area contributed by atoms with E-state index in [1.54, 1.807) is 64.2 Å². The van der Waals surface area contributed by atoms with Gasteiger partial charge in [-0.15, -0.1) is 0 Å². The summed E-state index contributed by atoms with van der Waals surface area (Å²) < 4.78 is 0. The molecule has 0 radical (unpaired) electrons. The summed E-state index contributed by atoms with van der Waals surface area (Å²) in [5, 5.41) is 0. The molecular formula is C35H58. The van der Waals surface area contributed by atoms with Crippen molar-refractivity contribution in [3.63, 3.8) is 0 Å². The van der Waals surface area contributed by atoms with Crippen LogP contribution in [-0.4, -0.2) is 0 Å². The molecule has 0 aliphatic heterocycles. The second-order valence-electron chi connectivity index (χ2n) is 17.1. The highest BCUT2D eigenvalue weighted by molar-refractivity contribution is 5.18. The molecule has 14 unspecified atom stereocenters. The predicted octanol–water partition coefficient (Wildman–Crippen LogP) is 9.87. The first-order valence-corrected chi connectivity index (χ1v) is 16.7. The van der Waals surface area contributed by atoms with Crippen molar-refractivity contribution >= 4 is 0 Å². The molecule has 7 saturated carbocycles. The molecule has 1 spiro atoms. The van der Waals surface area contributed by atoms with Gasteiger partial charge in [0.1, 0.15) is 0 Å². The molecule has 0 aromatic heterocycles. The highest BCUT2D eigenvalue weighted by Gasteiger charge is 2.70. The Balaban J connectivity index is 1.31. The lowest BCUT2D eigenvalue weighted by molar-refractivity contribution is -0.0422. The summed E-state index contributed by atoms with van der Waals surface area (Å²) in [4.78, 5) is 0. The minimum atomic E-state index is 0.604. The lowest BCUT2D eigenvalue weighted by atomic mass is 9.52. The molecule has 14 atom stereocenters. The van der Waals surface area contributed by atoms with Crippen LogP contribution in [0.25, 0.3) is 0 Å². The Bertz CT molecular complexity index is 797. The van der Waals surface area contributed by atoms with E-state index in [0.717, 1.165) is 82.9 Å². The SMILES string of the molecule is CC1CC(C)C2C(C1)C1C3C4CC5CCCCC5CC4C(C)(C)C3CCC1C21CC(C)CC(C)C1. The van der Waals surface area contributed by atoms with Gasteiger partial charge < -0.3 is 0 Å². The van der Waals surface area contributed by atoms with Crippen LogP contribution in [0.1, 0.15) is 125 Å². The predicted molar refractivity (Wildman–Crippen MR) is 148 cm³/mol. The van der Waals surface area contributed by atoms with Crippen molar-refractivity contribution in [3.05, 3.63) is 0 Å². The third-order valence-electron chi connectivity index (χ3n) is 15.0. The van der Waals surface area contributed by atoms with Gasteiger partial charge in [0.05, 0.1) is 0 Å². The molecule has 0 aromatic rings. The summed E-state index contributed by atoms with van der Waals surface area (Å²) in [5.41, 5.74) is 1.31. The van der Waals surface area contributed by atoms with Gasteiger partial charge in [-0.2, -0.15) is 0 Å². The van der Waals surface area contributed by atoms with Crippen molar-refractivity contribution in [2.45, 2.75) is 125 Å². The van der Waals surface area contributed by atoms with Crippen LogP contribution in [0.3, 0.4) is 0 Å². The standard InChI is InChI=1S/C35H58/c1-20-14-23(4)33-27(15-20)32-29(35(33)18-21(2)13-22(3)19-35)12-11-28-31(32)26-16-24-9-7-8-10-25(24)17-30(26)34(28,5)6/h20-33H,7-19H2,1-6H3. The summed E-state index contributed by atoms with van der Waals surface area (Å²) in [6.45, 7) is 16.2. The average molecular weight is 479 g/mol. The monoisotopic (exact) mass is 478 g/mol. The van der Waals surface area contributed by atoms with Crippen LogP contribution in [0, 0.1) is 93.7 Å². The Morgan fingerprint density at radius 3 is 1.89 bits per heavy atom. The third-order valence-corrected chi connectivity index (χ3v) is 15.0. The Hall–Kier alpha value is 0. The van der Waals surface area contributed by atoms with Crippen LogP contribution in [0.4, 0.5) is 0 Å². The Kier molecular flexibility index (Phi) is 5.67. The topological polar surface area (TPSA) is 0 Å². The van der Waals surface area contributed by atoms with Crippen LogP contribution >= 0.6 is 0 Å². The van der Waals surface area contributed by atoms with E-state index in [-0.39, 0.29) is 0 Å². The molecule has 0 amide bonds. The molecule has 0 heterocycles. The molecule has 198 valence electrons. The van der Waals surface area contributed by atoms with Gasteiger partial charge in [-0.25, -0.2) is 0 Å². The van der Waals surface area contributed by atoms with Gasteiger partial charge in [-0.05, 0) is 151 Å². The van der Waals surface area contributed by atoms with Crippen LogP contribution in [0.2, 0.25) is 0 Å². The minimum Gasteiger partial charge on any atom is -0.0625 e. The van der Waals surface area contributed by atoms with Crippen LogP contribution in [-0.2, 0) is 0 Å². The highest BCUT2D eigenvalue weighted by atomic mass is 14.7. The van der Waals surface area contributed by atoms with E-state index in [1.165, 1.54) is 19.3 Å². The van der Waals surface area contributed by atoms with Crippen molar-refractivity contribution < 1.29 is 0 Å². The van der Waals surface area contributed by atoms with Gasteiger partial charge in [0.15, 0.2) is 0 Å². The smallest absolute Gasteiger partial charge is 0.0228 e. The average Bonchev–Trinajstić information content (AvgIpc) is 3.18. The molecule has 0 N–H and O–H groups in total. The van der Waals surface area contributed by atoms with E-state index in [9.17, 15) is 0 Å². The molecule has 7 aliphatic carbocycles. The van der Waals surface area contributed by atoms with Gasteiger partial charge in [-0.3, -0.25) is 0 Å². The fourth-order valence-electron chi connectivity index (χ4n) is 14.8. The Labute approximate surface area is 218 Å². The minimum absolute atomic E-state index is 0.604. The van der Waals surface area contributed by atoms with E-state index in [2.05, 4.69) is 41.5 Å². The summed E-state index contributed by atoms with van der Waals surface area (Å²) in [5.74, 6) is 14.7. The summed E-state index contributed by atoms with van der Waals surface area (Å²) in [6.07, 6.45) is 20.5. The quantitative estimate of drug-likeness (QED) is 0.325. The maximum atomic E-state index is 2.78. The van der Waals surface area contributed by atoms with Crippen LogP contribution < -0.4 is 0 Å². The second-order valence-corrected chi connectivity index (χ2v) is 17.1. The zero-order valence-electron chi connectivity index (χ0n) is 24.3. The van der Waals surface area contributed by atoms with Crippen LogP contribution in [0.5, 0.6) is 0 Å². The summed E-state index contributed by atoms with van der Waals surface area (Å²) in [6, 6.07) is 0. The first-order valence-electron chi connectivity index (χ1n) is 16.7. The van der Waals surface area contributed by atoms with Gasteiger partial charge in [0, 0.05) is 0 Å². The first kappa shape index (κ1) is 24.1. The lowest BCUT2D eigenvalue weighted by Crippen LogP contribution is -2.46. The molecule has 0 aromatic carbocycles.